The maximum absolute atomic E-state index is 13.7. The number of phenols is 1. The van der Waals surface area contributed by atoms with Gasteiger partial charge in [-0.15, -0.1) is 11.8 Å². The lowest BCUT2D eigenvalue weighted by Gasteiger charge is -2.53. The van der Waals surface area contributed by atoms with Crippen LogP contribution in [-0.2, 0) is 35.3 Å². The molecule has 388 valence electrons. The van der Waals surface area contributed by atoms with E-state index in [2.05, 4.69) is 10.3 Å². The molecule has 0 spiro atoms. The summed E-state index contributed by atoms with van der Waals surface area (Å²) >= 11 is 1.45. The number of carboxylic acids is 1. The van der Waals surface area contributed by atoms with E-state index in [0.29, 0.717) is 29.3 Å². The van der Waals surface area contributed by atoms with Crippen LogP contribution >= 0.6 is 11.8 Å². The van der Waals surface area contributed by atoms with Crippen LogP contribution in [0.4, 0.5) is 5.82 Å². The Bertz CT molecular complexity index is 2630. The monoisotopic (exact) mass is 1020 g/mol. The highest BCUT2D eigenvalue weighted by Crippen LogP contribution is 2.56. The van der Waals surface area contributed by atoms with Gasteiger partial charge in [-0.3, -0.25) is 28.9 Å². The Morgan fingerprint density at radius 2 is 1.73 bits per heavy atom. The zero-order chi connectivity index (χ0) is 52.3. The van der Waals surface area contributed by atoms with E-state index in [9.17, 15) is 74.6 Å². The lowest BCUT2D eigenvalue weighted by molar-refractivity contribution is -0.392. The summed E-state index contributed by atoms with van der Waals surface area (Å²) in [5, 5.41) is 96.6. The van der Waals surface area contributed by atoms with E-state index < -0.39 is 98.6 Å². The number of nitro groups is 1. The number of primary amides is 1. The number of hydrogen-bond acceptors (Lipinski definition) is 19. The molecule has 13 N–H and O–H groups in total. The normalized spacial score (nSPS) is 29.9. The van der Waals surface area contributed by atoms with Gasteiger partial charge in [0, 0.05) is 55.1 Å². The van der Waals surface area contributed by atoms with Gasteiger partial charge in [0.25, 0.3) is 5.91 Å². The number of likely N-dealkylation sites (N-methyl/N-ethyl adjacent to an activating group) is 2. The molecule has 2 aromatic rings. The summed E-state index contributed by atoms with van der Waals surface area (Å²) in [6.45, 7) is 7.49. The minimum Gasteiger partial charge on any atom is -0.508 e. The van der Waals surface area contributed by atoms with E-state index in [1.54, 1.807) is 51.9 Å². The molecule has 12 atom stereocenters. The minimum absolute atomic E-state index is 0. The Labute approximate surface area is 410 Å². The van der Waals surface area contributed by atoms with E-state index in [-0.39, 0.29) is 76.5 Å². The second-order valence-corrected chi connectivity index (χ2v) is 19.9. The van der Waals surface area contributed by atoms with Gasteiger partial charge >= 0.3 is 11.8 Å². The van der Waals surface area contributed by atoms with Crippen LogP contribution in [-0.4, -0.2) is 193 Å². The van der Waals surface area contributed by atoms with Crippen molar-refractivity contribution in [3.05, 3.63) is 79.0 Å². The van der Waals surface area contributed by atoms with Gasteiger partial charge in [-0.1, -0.05) is 26.0 Å². The molecule has 0 unspecified atom stereocenters. The smallest absolute Gasteiger partial charge is 0.353 e. The van der Waals surface area contributed by atoms with Crippen LogP contribution in [0.3, 0.4) is 0 Å². The topological polar surface area (TPSA) is 404 Å². The number of benzene rings is 1. The molecule has 1 saturated carbocycles. The molecule has 71 heavy (non-hydrogen) atoms. The first-order chi connectivity index (χ1) is 32.7. The number of aliphatic hydroxyl groups is 6. The Hall–Kier alpha value is -6.26. The SMILES string of the molecule is C[C@@H](O)[C@H]1C(=O)N2C(C(=O)O)=C(S[C@@H]3CN[C@H](C(=O)N(C)C)C3)[C@H](C)[C@H]12.C[C@H]1c2cccc(O)c2C(O)=C2C(=O)[C@]3(O)C(O)=C(C(N)=O)C(=O)[C@@H](N(C)C)[C@@H]3[C@@H](O)[C@@H]21.Cc1ncc([N+](=O)[O-])n1CCO.O. The van der Waals surface area contributed by atoms with Gasteiger partial charge < -0.3 is 77.3 Å². The molecule has 0 radical (unpaired) electrons. The summed E-state index contributed by atoms with van der Waals surface area (Å²) in [5.41, 5.74) is 1.51. The molecule has 8 rings (SSSR count). The van der Waals surface area contributed by atoms with E-state index >= 15 is 0 Å². The van der Waals surface area contributed by atoms with Crippen molar-refractivity contribution in [1.82, 2.24) is 29.6 Å². The third kappa shape index (κ3) is 9.17. The lowest BCUT2D eigenvalue weighted by Crippen LogP contribution is -2.70. The van der Waals surface area contributed by atoms with Crippen molar-refractivity contribution in [3.8, 4) is 5.75 Å². The molecule has 0 bridgehead atoms. The standard InChI is InChI=1S/C22H24N2O8.C17H25N3O5S.C6H9N3O3.H2O/c1-7-8-5-4-6-9(25)11(8)16(26)12-10(7)17(27)14-15(24(2)3)18(28)13(21(23)31)20(30)22(14,32)19(12)29;1-7-12-11(8(2)21)16(23)20(12)13(17(24)25)14(7)26-9-5-10(18-6-9)15(22)19(3)4;1-5-7-4-6(9(11)12)8(5)2-3-10;/h4-7,10,14-15,17,25-27,30,32H,1-3H3,(H2,23,31);7-12,18,21H,5-6H2,1-4H3,(H,24,25);4,10H,2-3H2,1H3;1H2/t7-,10+,14+,15-,17-,22-;7-,8-,9+,10+,11-,12-;;/m01../s1. The highest BCUT2D eigenvalue weighted by atomic mass is 32.2. The number of aliphatic hydroxyl groups excluding tert-OH is 5. The summed E-state index contributed by atoms with van der Waals surface area (Å²) in [5.74, 6) is -10.5. The predicted octanol–water partition coefficient (Wildman–Crippen LogP) is -1.54. The van der Waals surface area contributed by atoms with E-state index in [1.807, 2.05) is 6.92 Å². The number of phenolic OH excluding ortho intramolecular Hbond substituents is 1. The summed E-state index contributed by atoms with van der Waals surface area (Å²) in [6.07, 6.45) is -0.595. The van der Waals surface area contributed by atoms with Crippen molar-refractivity contribution in [1.29, 1.82) is 0 Å². The summed E-state index contributed by atoms with van der Waals surface area (Å²) < 4.78 is 1.36. The number of nitrogens with zero attached hydrogens (tertiary/aromatic N) is 6. The highest BCUT2D eigenvalue weighted by molar-refractivity contribution is 8.03. The molecule has 3 amide bonds. The number of fused-ring (bicyclic) bond motifs is 4. The van der Waals surface area contributed by atoms with Gasteiger partial charge in [-0.05, 0) is 49.9 Å². The van der Waals surface area contributed by atoms with Crippen LogP contribution in [0.2, 0.25) is 0 Å². The molecule has 4 heterocycles. The number of carbonyl (C=O) groups is 6. The number of aromatic nitrogens is 2. The zero-order valence-corrected chi connectivity index (χ0v) is 40.8. The third-order valence-electron chi connectivity index (χ3n) is 14.0. The van der Waals surface area contributed by atoms with Crippen LogP contribution in [0.25, 0.3) is 5.76 Å². The number of imidazole rings is 1. The van der Waals surface area contributed by atoms with Gasteiger partial charge in [0.05, 0.1) is 54.3 Å². The molecule has 26 heteroatoms. The molecule has 1 aromatic carbocycles. The van der Waals surface area contributed by atoms with Crippen molar-refractivity contribution in [2.24, 2.45) is 29.4 Å². The Morgan fingerprint density at radius 1 is 1.10 bits per heavy atom. The Morgan fingerprint density at radius 3 is 2.27 bits per heavy atom. The van der Waals surface area contributed by atoms with Gasteiger partial charge in [0.2, 0.25) is 17.6 Å². The predicted molar refractivity (Wildman–Crippen MR) is 251 cm³/mol. The van der Waals surface area contributed by atoms with Crippen LogP contribution in [0.1, 0.15) is 50.1 Å². The second-order valence-electron chi connectivity index (χ2n) is 18.5. The molecule has 3 aliphatic carbocycles. The number of hydrogen-bond donors (Lipinski definition) is 10. The third-order valence-corrected chi connectivity index (χ3v) is 15.5. The number of carbonyl (C=O) groups excluding carboxylic acids is 5. The van der Waals surface area contributed by atoms with Crippen molar-refractivity contribution in [3.63, 3.8) is 0 Å². The first-order valence-electron chi connectivity index (χ1n) is 22.2. The summed E-state index contributed by atoms with van der Waals surface area (Å²) in [6, 6.07) is 2.56. The number of ketones is 2. The zero-order valence-electron chi connectivity index (χ0n) is 40.0. The number of nitrogens with one attached hydrogen (secondary N) is 1. The number of amides is 3. The maximum atomic E-state index is 13.7. The van der Waals surface area contributed by atoms with E-state index in [1.165, 1.54) is 52.5 Å². The lowest BCUT2D eigenvalue weighted by atomic mass is 9.54. The molecule has 25 nitrogen and oxygen atoms in total. The number of aliphatic carboxylic acids is 1. The van der Waals surface area contributed by atoms with E-state index in [0.717, 1.165) is 0 Å². The molecule has 3 fully saturated rings. The van der Waals surface area contributed by atoms with Gasteiger partial charge in [-0.25, -0.2) is 14.3 Å². The number of aryl methyl sites for hydroxylation is 1. The number of Topliss-reactive ketones (excluding diaryl/α,β-unsaturated/α-hetero) is 2. The van der Waals surface area contributed by atoms with Crippen LogP contribution < -0.4 is 11.1 Å². The largest absolute Gasteiger partial charge is 0.508 e. The fraction of sp³-hybridized carbons (Fsp3) is 0.533. The number of β-lactam (4-membered cyclic amide) rings is 1. The van der Waals surface area contributed by atoms with Crippen LogP contribution in [0, 0.1) is 40.7 Å². The van der Waals surface area contributed by atoms with Gasteiger partial charge in [0.15, 0.2) is 17.2 Å². The average molecular weight is 1020 g/mol. The second kappa shape index (κ2) is 20.8. The van der Waals surface area contributed by atoms with Crippen molar-refractivity contribution >= 4 is 58.6 Å². The van der Waals surface area contributed by atoms with Crippen molar-refractivity contribution in [2.45, 2.75) is 87.8 Å². The quantitative estimate of drug-likeness (QED) is 0.0558. The average Bonchev–Trinajstić information content (AvgIpc) is 3.96. The first kappa shape index (κ1) is 55.7. The van der Waals surface area contributed by atoms with Gasteiger partial charge in [0.1, 0.15) is 41.3 Å². The molecule has 6 aliphatic rings. The first-order valence-corrected chi connectivity index (χ1v) is 23.1. The van der Waals surface area contributed by atoms with E-state index in [4.69, 9.17) is 10.8 Å². The number of thioether (sulfide) groups is 1. The van der Waals surface area contributed by atoms with Crippen molar-refractivity contribution < 1.29 is 80.0 Å². The number of carboxylic acid groups (broad SMARTS) is 1. The van der Waals surface area contributed by atoms with Crippen LogP contribution in [0.5, 0.6) is 5.75 Å². The maximum Gasteiger partial charge on any atom is 0.353 e. The molecule has 3 aliphatic heterocycles. The molecule has 1 aromatic heterocycles. The van der Waals surface area contributed by atoms with Gasteiger partial charge in [-0.2, -0.15) is 0 Å². The van der Waals surface area contributed by atoms with Crippen LogP contribution in [0.15, 0.2) is 51.9 Å². The highest BCUT2D eigenvalue weighted by Gasteiger charge is 2.68. The summed E-state index contributed by atoms with van der Waals surface area (Å²) in [4.78, 5) is 93.4. The fourth-order valence-electron chi connectivity index (χ4n) is 10.7. The number of nitrogens with two attached hydrogens (primary N) is 1. The Balaban J connectivity index is 0.000000215. The molecular weight excluding hydrogens is 957 g/mol. The number of aromatic hydroxyl groups is 1. The Kier molecular flexibility index (Phi) is 16.3. The fourth-order valence-corrected chi connectivity index (χ4v) is 12.2. The molecule has 2 saturated heterocycles. The number of rotatable bonds is 10. The molecular formula is C45H60N8O17S. The summed E-state index contributed by atoms with van der Waals surface area (Å²) in [7, 11) is 6.34. The van der Waals surface area contributed by atoms with Crippen molar-refractivity contribution in [2.75, 3.05) is 41.3 Å². The minimum atomic E-state index is -2.89.